The van der Waals surface area contributed by atoms with Gasteiger partial charge in [0.25, 0.3) is 5.91 Å². The van der Waals surface area contributed by atoms with Crippen molar-refractivity contribution in [2.75, 3.05) is 20.3 Å². The lowest BCUT2D eigenvalue weighted by atomic mass is 10.1. The minimum Gasteiger partial charge on any atom is -0.504 e. The SMILES string of the molecule is CCOc1cc(/C=N\N=C2\S/C(=C\c3ccc(OCC(C)C)c(OC)c3)C(=O)N2Cc2ccco2)ccc1O. The molecule has 0 unspecified atom stereocenters. The van der Waals surface area contributed by atoms with E-state index in [0.717, 1.165) is 5.56 Å². The van der Waals surface area contributed by atoms with Crippen molar-refractivity contribution in [2.45, 2.75) is 27.3 Å². The second kappa shape index (κ2) is 13.1. The summed E-state index contributed by atoms with van der Waals surface area (Å²) in [5, 5.41) is 18.9. The number of furan rings is 1. The van der Waals surface area contributed by atoms with Crippen LogP contribution in [0.1, 0.15) is 37.7 Å². The van der Waals surface area contributed by atoms with Gasteiger partial charge in [-0.15, -0.1) is 5.10 Å². The van der Waals surface area contributed by atoms with Gasteiger partial charge in [0.15, 0.2) is 28.2 Å². The van der Waals surface area contributed by atoms with Gasteiger partial charge in [-0.2, -0.15) is 5.10 Å². The summed E-state index contributed by atoms with van der Waals surface area (Å²) in [6, 6.07) is 14.0. The van der Waals surface area contributed by atoms with Crippen LogP contribution in [0.3, 0.4) is 0 Å². The first-order valence-corrected chi connectivity index (χ1v) is 13.3. The third-order valence-corrected chi connectivity index (χ3v) is 6.47. The molecular formula is C29H31N3O6S. The third kappa shape index (κ3) is 7.23. The Morgan fingerprint density at radius 2 is 1.87 bits per heavy atom. The molecule has 0 bridgehead atoms. The van der Waals surface area contributed by atoms with Gasteiger partial charge < -0.3 is 23.7 Å². The molecule has 1 amide bonds. The van der Waals surface area contributed by atoms with Gasteiger partial charge in [0.05, 0.1) is 44.3 Å². The lowest BCUT2D eigenvalue weighted by molar-refractivity contribution is -0.122. The summed E-state index contributed by atoms with van der Waals surface area (Å²) >= 11 is 1.22. The van der Waals surface area contributed by atoms with Crippen LogP contribution >= 0.6 is 11.8 Å². The quantitative estimate of drug-likeness (QED) is 0.179. The summed E-state index contributed by atoms with van der Waals surface area (Å²) in [6.07, 6.45) is 4.88. The predicted molar refractivity (Wildman–Crippen MR) is 152 cm³/mol. The van der Waals surface area contributed by atoms with Gasteiger partial charge in [-0.3, -0.25) is 9.69 Å². The fraction of sp³-hybridized carbons (Fsp3) is 0.276. The van der Waals surface area contributed by atoms with Gasteiger partial charge in [-0.1, -0.05) is 19.9 Å². The number of ether oxygens (including phenoxy) is 3. The number of aromatic hydroxyl groups is 1. The summed E-state index contributed by atoms with van der Waals surface area (Å²) in [7, 11) is 1.59. The number of phenolic OH excluding ortho intramolecular Hbond substituents is 1. The normalized spacial score (nSPS) is 15.7. The second-order valence-electron chi connectivity index (χ2n) is 8.98. The molecule has 0 radical (unpaired) electrons. The Balaban J connectivity index is 1.59. The lowest BCUT2D eigenvalue weighted by Crippen LogP contribution is -2.28. The highest BCUT2D eigenvalue weighted by molar-refractivity contribution is 8.18. The van der Waals surface area contributed by atoms with E-state index < -0.39 is 0 Å². The van der Waals surface area contributed by atoms with E-state index in [1.54, 1.807) is 43.7 Å². The fourth-order valence-corrected chi connectivity index (χ4v) is 4.54. The molecule has 1 fully saturated rings. The fourth-order valence-electron chi connectivity index (χ4n) is 3.61. The molecule has 9 nitrogen and oxygen atoms in total. The lowest BCUT2D eigenvalue weighted by Gasteiger charge is -2.13. The van der Waals surface area contributed by atoms with Crippen molar-refractivity contribution in [1.82, 2.24) is 4.90 Å². The molecule has 0 spiro atoms. The molecule has 4 rings (SSSR count). The van der Waals surface area contributed by atoms with Crippen LogP contribution in [0.5, 0.6) is 23.0 Å². The smallest absolute Gasteiger partial charge is 0.267 e. The zero-order valence-corrected chi connectivity index (χ0v) is 23.1. The summed E-state index contributed by atoms with van der Waals surface area (Å²) in [5.41, 5.74) is 1.48. The molecule has 3 aromatic rings. The Hall–Kier alpha value is -4.18. The molecule has 1 aromatic heterocycles. The monoisotopic (exact) mass is 549 g/mol. The average Bonchev–Trinajstić information content (AvgIpc) is 3.54. The van der Waals surface area contributed by atoms with E-state index >= 15 is 0 Å². The molecule has 0 atom stereocenters. The van der Waals surface area contributed by atoms with Crippen LogP contribution in [0.25, 0.3) is 6.08 Å². The number of carbonyl (C=O) groups is 1. The molecular weight excluding hydrogens is 518 g/mol. The number of methoxy groups -OCH3 is 1. The summed E-state index contributed by atoms with van der Waals surface area (Å²) in [5.74, 6) is 2.43. The van der Waals surface area contributed by atoms with Gasteiger partial charge in [0, 0.05) is 0 Å². The van der Waals surface area contributed by atoms with E-state index in [-0.39, 0.29) is 18.2 Å². The van der Waals surface area contributed by atoms with E-state index in [1.165, 1.54) is 28.9 Å². The zero-order chi connectivity index (χ0) is 27.8. The van der Waals surface area contributed by atoms with Crippen molar-refractivity contribution in [1.29, 1.82) is 0 Å². The van der Waals surface area contributed by atoms with Crippen LogP contribution < -0.4 is 14.2 Å². The zero-order valence-electron chi connectivity index (χ0n) is 22.3. The topological polar surface area (TPSA) is 106 Å². The number of carbonyl (C=O) groups excluding carboxylic acids is 1. The molecule has 1 N–H and O–H groups in total. The van der Waals surface area contributed by atoms with Crippen LogP contribution in [0.4, 0.5) is 0 Å². The number of rotatable bonds is 11. The van der Waals surface area contributed by atoms with Crippen molar-refractivity contribution in [3.8, 4) is 23.0 Å². The van der Waals surface area contributed by atoms with E-state index in [2.05, 4.69) is 24.1 Å². The van der Waals surface area contributed by atoms with Crippen molar-refractivity contribution in [3.63, 3.8) is 0 Å². The number of hydrogen-bond acceptors (Lipinski definition) is 9. The average molecular weight is 550 g/mol. The molecule has 204 valence electrons. The summed E-state index contributed by atoms with van der Waals surface area (Å²) < 4.78 is 22.2. The molecule has 10 heteroatoms. The van der Waals surface area contributed by atoms with Crippen LogP contribution in [0.15, 0.2) is 74.3 Å². The van der Waals surface area contributed by atoms with Gasteiger partial charge in [-0.25, -0.2) is 0 Å². The largest absolute Gasteiger partial charge is 0.504 e. The van der Waals surface area contributed by atoms with Crippen molar-refractivity contribution in [3.05, 3.63) is 76.6 Å². The van der Waals surface area contributed by atoms with Gasteiger partial charge in [0.2, 0.25) is 0 Å². The Morgan fingerprint density at radius 1 is 1.08 bits per heavy atom. The maximum absolute atomic E-state index is 13.4. The molecule has 1 aliphatic heterocycles. The van der Waals surface area contributed by atoms with E-state index in [4.69, 9.17) is 18.6 Å². The Labute approximate surface area is 231 Å². The number of nitrogens with zero attached hydrogens (tertiary/aromatic N) is 3. The molecule has 1 saturated heterocycles. The number of benzene rings is 2. The summed E-state index contributed by atoms with van der Waals surface area (Å²) in [4.78, 5) is 15.4. The minimum absolute atomic E-state index is 0.0489. The first kappa shape index (κ1) is 27.8. The molecule has 39 heavy (non-hydrogen) atoms. The minimum atomic E-state index is -0.215. The Morgan fingerprint density at radius 3 is 2.59 bits per heavy atom. The van der Waals surface area contributed by atoms with Crippen LogP contribution in [0, 0.1) is 5.92 Å². The van der Waals surface area contributed by atoms with Crippen LogP contribution in [-0.2, 0) is 11.3 Å². The van der Waals surface area contributed by atoms with Gasteiger partial charge >= 0.3 is 0 Å². The van der Waals surface area contributed by atoms with Crippen molar-refractivity contribution < 1.29 is 28.5 Å². The van der Waals surface area contributed by atoms with Gasteiger partial charge in [-0.05, 0) is 84.3 Å². The maximum Gasteiger partial charge on any atom is 0.267 e. The van der Waals surface area contributed by atoms with E-state index in [0.29, 0.717) is 57.8 Å². The van der Waals surface area contributed by atoms with Crippen molar-refractivity contribution >= 4 is 35.1 Å². The molecule has 0 saturated carbocycles. The number of thioether (sulfide) groups is 1. The number of amidine groups is 1. The highest BCUT2D eigenvalue weighted by atomic mass is 32.2. The van der Waals surface area contributed by atoms with E-state index in [1.807, 2.05) is 25.1 Å². The predicted octanol–water partition coefficient (Wildman–Crippen LogP) is 5.93. The highest BCUT2D eigenvalue weighted by Crippen LogP contribution is 2.36. The summed E-state index contributed by atoms with van der Waals surface area (Å²) in [6.45, 7) is 7.20. The first-order chi connectivity index (χ1) is 18.9. The molecule has 1 aliphatic rings. The second-order valence-corrected chi connectivity index (χ2v) is 9.99. The number of phenols is 1. The molecule has 0 aliphatic carbocycles. The van der Waals surface area contributed by atoms with Gasteiger partial charge in [0.1, 0.15) is 5.76 Å². The van der Waals surface area contributed by atoms with Crippen LogP contribution in [-0.4, -0.2) is 47.6 Å². The number of amides is 1. The Bertz CT molecular complexity index is 1380. The maximum atomic E-state index is 13.4. The molecule has 2 aromatic carbocycles. The first-order valence-electron chi connectivity index (χ1n) is 12.5. The third-order valence-electron chi connectivity index (χ3n) is 5.47. The van der Waals surface area contributed by atoms with Crippen molar-refractivity contribution in [2.24, 2.45) is 16.1 Å². The molecule has 2 heterocycles. The highest BCUT2D eigenvalue weighted by Gasteiger charge is 2.34. The Kier molecular flexibility index (Phi) is 9.32. The van der Waals surface area contributed by atoms with Crippen LogP contribution in [0.2, 0.25) is 0 Å². The number of hydrogen-bond donors (Lipinski definition) is 1. The standard InChI is InChI=1S/C29H31N3O6S/c1-5-36-25-14-21(8-10-23(25)33)16-30-31-29-32(17-22-7-6-12-37-22)28(34)27(39-29)15-20-9-11-24(26(13-20)35-4)38-18-19(2)3/h6-16,19,33H,5,17-18H2,1-4H3/b27-15-,30-16-,31-29+. The van der Waals surface area contributed by atoms with E-state index in [9.17, 15) is 9.90 Å².